The molecule has 0 fully saturated rings. The molecule has 0 saturated carbocycles. The fourth-order valence-corrected chi connectivity index (χ4v) is 1.13. The molecule has 0 bridgehead atoms. The molecule has 0 atom stereocenters. The molecule has 0 aliphatic heterocycles. The Hall–Kier alpha value is -2.03. The van der Waals surface area contributed by atoms with Crippen molar-refractivity contribution in [3.63, 3.8) is 0 Å². The lowest BCUT2D eigenvalue weighted by Gasteiger charge is -2.05. The number of pyridine rings is 1. The first-order valence-corrected chi connectivity index (χ1v) is 4.31. The minimum atomic E-state index is -0.423. The highest BCUT2D eigenvalue weighted by Gasteiger charge is 1.97. The van der Waals surface area contributed by atoms with E-state index >= 15 is 0 Å². The molecular formula is C12H11NO2. The maximum Gasteiger partial charge on any atom is 0.255 e. The van der Waals surface area contributed by atoms with Gasteiger partial charge in [0.1, 0.15) is 5.75 Å². The fourth-order valence-electron chi connectivity index (χ4n) is 1.13. The molecule has 0 N–H and O–H groups in total. The minimum Gasteiger partial charge on any atom is -0.497 e. The summed E-state index contributed by atoms with van der Waals surface area (Å²) in [6.07, 6.45) is 1.40. The van der Waals surface area contributed by atoms with Crippen molar-refractivity contribution >= 4 is 0 Å². The second-order valence-electron chi connectivity index (χ2n) is 2.79. The summed E-state index contributed by atoms with van der Waals surface area (Å²) in [4.78, 5) is 11.7. The number of nitrogens with zero attached hydrogens (tertiary/aromatic N) is 1. The van der Waals surface area contributed by atoms with E-state index in [-0.39, 0.29) is 35.6 Å². The molecule has 0 amide bonds. The van der Waals surface area contributed by atoms with Crippen LogP contribution in [0.3, 0.4) is 0 Å². The molecule has 76 valence electrons. The zero-order chi connectivity index (χ0) is 14.2. The SMILES string of the molecule is [2H]c1c([2H])c(-n2ccccc2=O)c([2H])c([2H])c1OC. The van der Waals surface area contributed by atoms with Crippen molar-refractivity contribution in [3.05, 3.63) is 58.9 Å². The van der Waals surface area contributed by atoms with Gasteiger partial charge in [0, 0.05) is 18.0 Å². The van der Waals surface area contributed by atoms with Gasteiger partial charge in [0.15, 0.2) is 0 Å². The van der Waals surface area contributed by atoms with Gasteiger partial charge < -0.3 is 4.74 Å². The maximum atomic E-state index is 11.7. The molecular weight excluding hydrogens is 190 g/mol. The molecule has 0 unspecified atom stereocenters. The average molecular weight is 205 g/mol. The summed E-state index contributed by atoms with van der Waals surface area (Å²) < 4.78 is 37.2. The van der Waals surface area contributed by atoms with Crippen LogP contribution >= 0.6 is 0 Å². The molecule has 0 saturated heterocycles. The summed E-state index contributed by atoms with van der Waals surface area (Å²) >= 11 is 0. The molecule has 1 aromatic carbocycles. The fraction of sp³-hybridized carbons (Fsp3) is 0.0833. The first-order chi connectivity index (χ1) is 8.99. The van der Waals surface area contributed by atoms with Crippen molar-refractivity contribution in [3.8, 4) is 11.4 Å². The first-order valence-electron chi connectivity index (χ1n) is 6.31. The van der Waals surface area contributed by atoms with E-state index in [9.17, 15) is 4.79 Å². The van der Waals surface area contributed by atoms with E-state index in [2.05, 4.69) is 0 Å². The van der Waals surface area contributed by atoms with Crippen LogP contribution in [0.1, 0.15) is 5.48 Å². The minimum absolute atomic E-state index is 0.0820. The lowest BCUT2D eigenvalue weighted by atomic mass is 10.3. The van der Waals surface area contributed by atoms with Gasteiger partial charge in [0.2, 0.25) is 0 Å². The number of aromatic nitrogens is 1. The van der Waals surface area contributed by atoms with Crippen molar-refractivity contribution < 1.29 is 10.2 Å². The summed E-state index contributed by atoms with van der Waals surface area (Å²) in [6.45, 7) is 0. The zero-order valence-corrected chi connectivity index (χ0v) is 8.07. The lowest BCUT2D eigenvalue weighted by Crippen LogP contribution is -2.15. The first kappa shape index (κ1) is 5.75. The van der Waals surface area contributed by atoms with E-state index in [4.69, 9.17) is 10.2 Å². The van der Waals surface area contributed by atoms with Crippen LogP contribution in [0.4, 0.5) is 0 Å². The third-order valence-electron chi connectivity index (χ3n) is 1.86. The van der Waals surface area contributed by atoms with Gasteiger partial charge in [-0.15, -0.1) is 0 Å². The Bertz CT molecular complexity index is 668. The second kappa shape index (κ2) is 4.00. The van der Waals surface area contributed by atoms with Crippen LogP contribution in [0.15, 0.2) is 53.4 Å². The van der Waals surface area contributed by atoms with Gasteiger partial charge in [0.05, 0.1) is 12.6 Å². The van der Waals surface area contributed by atoms with Crippen LogP contribution in [-0.2, 0) is 0 Å². The topological polar surface area (TPSA) is 31.2 Å². The zero-order valence-electron chi connectivity index (χ0n) is 12.1. The highest BCUT2D eigenvalue weighted by Crippen LogP contribution is 2.13. The number of hydrogen-bond acceptors (Lipinski definition) is 2. The molecule has 0 spiro atoms. The average Bonchev–Trinajstić information content (AvgIpc) is 2.40. The molecule has 2 rings (SSSR count). The van der Waals surface area contributed by atoms with Crippen molar-refractivity contribution in [2.75, 3.05) is 7.11 Å². The lowest BCUT2D eigenvalue weighted by molar-refractivity contribution is 0.414. The van der Waals surface area contributed by atoms with Crippen molar-refractivity contribution in [1.82, 2.24) is 4.57 Å². The Morgan fingerprint density at radius 1 is 1.27 bits per heavy atom. The monoisotopic (exact) mass is 205 g/mol. The van der Waals surface area contributed by atoms with Crippen molar-refractivity contribution in [1.29, 1.82) is 0 Å². The Morgan fingerprint density at radius 3 is 2.60 bits per heavy atom. The Labute approximate surface area is 93.2 Å². The Kier molecular flexibility index (Phi) is 1.54. The number of methoxy groups -OCH3 is 1. The van der Waals surface area contributed by atoms with Crippen molar-refractivity contribution in [2.45, 2.75) is 0 Å². The van der Waals surface area contributed by atoms with Gasteiger partial charge in [0.25, 0.3) is 5.56 Å². The number of ether oxygens (including phenoxy) is 1. The molecule has 0 aliphatic carbocycles. The van der Waals surface area contributed by atoms with E-state index in [0.29, 0.717) is 0 Å². The highest BCUT2D eigenvalue weighted by atomic mass is 16.5. The van der Waals surface area contributed by atoms with Gasteiger partial charge in [-0.1, -0.05) is 6.07 Å². The van der Waals surface area contributed by atoms with Crippen molar-refractivity contribution in [2.24, 2.45) is 0 Å². The largest absolute Gasteiger partial charge is 0.497 e. The van der Waals surface area contributed by atoms with Crippen LogP contribution in [0.2, 0.25) is 0 Å². The van der Waals surface area contributed by atoms with Crippen LogP contribution in [0.5, 0.6) is 5.75 Å². The maximum absolute atomic E-state index is 11.7. The van der Waals surface area contributed by atoms with E-state index in [1.54, 1.807) is 12.1 Å². The summed E-state index contributed by atoms with van der Waals surface area (Å²) in [5.74, 6) is -0.136. The summed E-state index contributed by atoms with van der Waals surface area (Å²) in [7, 11) is 1.28. The Balaban J connectivity index is 2.87. The summed E-state index contributed by atoms with van der Waals surface area (Å²) in [5.41, 5.74) is -0.505. The number of benzene rings is 1. The predicted molar refractivity (Wildman–Crippen MR) is 58.6 cm³/mol. The van der Waals surface area contributed by atoms with Gasteiger partial charge >= 0.3 is 0 Å². The smallest absolute Gasteiger partial charge is 0.255 e. The number of hydrogen-bond donors (Lipinski definition) is 0. The molecule has 0 radical (unpaired) electrons. The summed E-state index contributed by atoms with van der Waals surface area (Å²) in [5, 5.41) is 0. The van der Waals surface area contributed by atoms with Gasteiger partial charge in [-0.2, -0.15) is 0 Å². The highest BCUT2D eigenvalue weighted by molar-refractivity contribution is 5.37. The predicted octanol–water partition coefficient (Wildman–Crippen LogP) is 1.85. The molecule has 1 aromatic heterocycles. The summed E-state index contributed by atoms with van der Waals surface area (Å²) in [6, 6.07) is 3.16. The molecule has 3 nitrogen and oxygen atoms in total. The van der Waals surface area contributed by atoms with Crippen LogP contribution in [0.25, 0.3) is 5.69 Å². The van der Waals surface area contributed by atoms with E-state index in [1.807, 2.05) is 0 Å². The van der Waals surface area contributed by atoms with Crippen LogP contribution in [0, 0.1) is 0 Å². The Morgan fingerprint density at radius 2 is 2.00 bits per heavy atom. The third-order valence-corrected chi connectivity index (χ3v) is 1.86. The standard InChI is InChI=1S/C12H11NO2/c1-15-11-7-5-10(6-8-11)13-9-3-2-4-12(13)14/h2-9H,1H3/i5D,6D,7D,8D. The molecule has 0 aliphatic rings. The second-order valence-corrected chi connectivity index (χ2v) is 2.79. The van der Waals surface area contributed by atoms with Crippen LogP contribution < -0.4 is 10.3 Å². The molecule has 2 aromatic rings. The quantitative estimate of drug-likeness (QED) is 0.749. The third kappa shape index (κ3) is 1.91. The molecule has 1 heterocycles. The van der Waals surface area contributed by atoms with E-state index < -0.39 is 5.56 Å². The van der Waals surface area contributed by atoms with Crippen LogP contribution in [-0.4, -0.2) is 11.7 Å². The van der Waals surface area contributed by atoms with Gasteiger partial charge in [-0.25, -0.2) is 0 Å². The van der Waals surface area contributed by atoms with Gasteiger partial charge in [-0.3, -0.25) is 9.36 Å². The number of rotatable bonds is 2. The van der Waals surface area contributed by atoms with E-state index in [1.165, 1.54) is 19.4 Å². The normalized spacial score (nSPS) is 13.7. The van der Waals surface area contributed by atoms with Gasteiger partial charge in [-0.05, 0) is 30.2 Å². The molecule has 15 heavy (non-hydrogen) atoms. The van der Waals surface area contributed by atoms with E-state index in [0.717, 1.165) is 4.57 Å². The molecule has 3 heteroatoms.